The highest BCUT2D eigenvalue weighted by Crippen LogP contribution is 2.38. The number of carbonyl (C=O) groups is 2. The number of piperidine rings is 1. The number of anilines is 2. The summed E-state index contributed by atoms with van der Waals surface area (Å²) in [6.45, 7) is 0. The van der Waals surface area contributed by atoms with E-state index in [0.717, 1.165) is 57.3 Å². The van der Waals surface area contributed by atoms with Crippen molar-refractivity contribution >= 4 is 48.9 Å². The Bertz CT molecular complexity index is 1310. The number of nitrogens with zero attached hydrogens (tertiary/aromatic N) is 2. The molecule has 11 nitrogen and oxygen atoms in total. The van der Waals surface area contributed by atoms with Gasteiger partial charge in [-0.15, -0.1) is 4.40 Å². The minimum absolute atomic E-state index is 0.0669. The zero-order valence-electron chi connectivity index (χ0n) is 19.4. The van der Waals surface area contributed by atoms with Crippen molar-refractivity contribution in [3.63, 3.8) is 0 Å². The van der Waals surface area contributed by atoms with Gasteiger partial charge in [-0.25, -0.2) is 13.8 Å². The van der Waals surface area contributed by atoms with Crippen molar-refractivity contribution in [2.75, 3.05) is 16.3 Å². The molecule has 0 spiro atoms. The van der Waals surface area contributed by atoms with Crippen LogP contribution in [-0.4, -0.2) is 57.7 Å². The number of amidine groups is 1. The zero-order valence-corrected chi connectivity index (χ0v) is 21.0. The quantitative estimate of drug-likeness (QED) is 0.492. The van der Waals surface area contributed by atoms with Crippen LogP contribution in [0.4, 0.5) is 11.4 Å². The second kappa shape index (κ2) is 8.86. The van der Waals surface area contributed by atoms with E-state index >= 15 is 0 Å². The van der Waals surface area contributed by atoms with E-state index in [4.69, 9.17) is 0 Å². The smallest absolute Gasteiger partial charge is 0.286 e. The summed E-state index contributed by atoms with van der Waals surface area (Å²) < 4.78 is 55.3. The normalized spacial score (nSPS) is 28.7. The predicted molar refractivity (Wildman–Crippen MR) is 130 cm³/mol. The molecular weight excluding hydrogens is 494 g/mol. The maximum Gasteiger partial charge on any atom is 0.286 e. The molecule has 3 atom stereocenters. The van der Waals surface area contributed by atoms with Crippen LogP contribution in [0.15, 0.2) is 27.5 Å². The van der Waals surface area contributed by atoms with Gasteiger partial charge in [0, 0.05) is 17.6 Å². The summed E-state index contributed by atoms with van der Waals surface area (Å²) >= 11 is 0. The van der Waals surface area contributed by atoms with Crippen molar-refractivity contribution in [2.45, 2.75) is 68.3 Å². The van der Waals surface area contributed by atoms with E-state index in [2.05, 4.69) is 19.9 Å². The van der Waals surface area contributed by atoms with Crippen molar-refractivity contribution in [3.05, 3.63) is 18.2 Å². The minimum Gasteiger partial charge on any atom is -0.341 e. The Hall–Kier alpha value is -2.51. The van der Waals surface area contributed by atoms with Gasteiger partial charge >= 0.3 is 0 Å². The standard InChI is InChI=1S/C22H29N5O6S2/c1-34(30,31)25-14-10-11-16-18(12-14)35(32,33)26-21(23-16)19-20(28)15-8-3-2-4-9-17(15)27(22(19)29)24-13-6-5-7-13/h10-13,15,17,19,24-25H,2-9H2,1H3,(H,23,26). The molecule has 1 saturated heterocycles. The molecular formula is C22H29N5O6S2. The van der Waals surface area contributed by atoms with Gasteiger partial charge in [-0.2, -0.15) is 8.42 Å². The van der Waals surface area contributed by atoms with Crippen LogP contribution >= 0.6 is 0 Å². The van der Waals surface area contributed by atoms with Gasteiger partial charge in [0.15, 0.2) is 11.7 Å². The molecule has 1 aromatic rings. The van der Waals surface area contributed by atoms with Gasteiger partial charge in [-0.3, -0.25) is 19.3 Å². The Morgan fingerprint density at radius 2 is 1.80 bits per heavy atom. The minimum atomic E-state index is -4.29. The van der Waals surface area contributed by atoms with Crippen LogP contribution in [0.25, 0.3) is 0 Å². The van der Waals surface area contributed by atoms with Gasteiger partial charge in [-0.1, -0.05) is 25.7 Å². The lowest BCUT2D eigenvalue weighted by Gasteiger charge is -2.46. The highest BCUT2D eigenvalue weighted by Gasteiger charge is 2.51. The molecule has 13 heteroatoms. The Balaban J connectivity index is 1.50. The lowest BCUT2D eigenvalue weighted by Crippen LogP contribution is -2.66. The van der Waals surface area contributed by atoms with E-state index in [1.165, 1.54) is 12.1 Å². The van der Waals surface area contributed by atoms with Crippen LogP contribution in [0, 0.1) is 11.8 Å². The van der Waals surface area contributed by atoms with Crippen molar-refractivity contribution in [3.8, 4) is 0 Å². The number of amides is 1. The van der Waals surface area contributed by atoms with Crippen LogP contribution in [0.3, 0.4) is 0 Å². The monoisotopic (exact) mass is 523 g/mol. The van der Waals surface area contributed by atoms with Gasteiger partial charge in [0.1, 0.15) is 10.7 Å². The number of benzene rings is 1. The molecule has 2 aliphatic heterocycles. The molecule has 4 aliphatic rings. The molecule has 0 aromatic heterocycles. The third-order valence-electron chi connectivity index (χ3n) is 7.19. The summed E-state index contributed by atoms with van der Waals surface area (Å²) in [6.07, 6.45) is 8.10. The molecule has 0 radical (unpaired) electrons. The van der Waals surface area contributed by atoms with Gasteiger partial charge < -0.3 is 5.32 Å². The number of sulfonamides is 2. The Morgan fingerprint density at radius 1 is 1.06 bits per heavy atom. The maximum atomic E-state index is 13.7. The average Bonchev–Trinajstić information content (AvgIpc) is 2.98. The maximum absolute atomic E-state index is 13.7. The van der Waals surface area contributed by atoms with E-state index in [1.54, 1.807) is 5.01 Å². The molecule has 1 aromatic carbocycles. The number of hydrazine groups is 1. The van der Waals surface area contributed by atoms with Crippen molar-refractivity contribution in [2.24, 2.45) is 16.2 Å². The second-order valence-electron chi connectivity index (χ2n) is 9.77. The Kier molecular flexibility index (Phi) is 6.12. The van der Waals surface area contributed by atoms with Crippen molar-refractivity contribution < 1.29 is 26.4 Å². The molecule has 3 N–H and O–H groups in total. The highest BCUT2D eigenvalue weighted by molar-refractivity contribution is 7.92. The zero-order chi connectivity index (χ0) is 25.0. The number of hydrogen-bond acceptors (Lipinski definition) is 8. The summed E-state index contributed by atoms with van der Waals surface area (Å²) in [5.41, 5.74) is 3.53. The van der Waals surface area contributed by atoms with Crippen LogP contribution < -0.4 is 15.5 Å². The molecule has 2 saturated carbocycles. The number of ketones is 1. The first kappa shape index (κ1) is 24.2. The number of hydrogen-bond donors (Lipinski definition) is 3. The first-order chi connectivity index (χ1) is 16.5. The summed E-state index contributed by atoms with van der Waals surface area (Å²) in [4.78, 5) is 27.0. The number of fused-ring (bicyclic) bond motifs is 2. The molecule has 5 rings (SSSR count). The fourth-order valence-electron chi connectivity index (χ4n) is 5.29. The molecule has 3 fully saturated rings. The van der Waals surface area contributed by atoms with E-state index < -0.39 is 31.9 Å². The highest BCUT2D eigenvalue weighted by atomic mass is 32.2. The summed E-state index contributed by atoms with van der Waals surface area (Å²) in [7, 11) is -7.90. The number of Topliss-reactive ketones (excluding diaryl/α,β-unsaturated/α-hetero) is 1. The molecule has 0 bridgehead atoms. The van der Waals surface area contributed by atoms with Gasteiger partial charge in [0.05, 0.1) is 18.0 Å². The van der Waals surface area contributed by atoms with Crippen LogP contribution in [-0.2, 0) is 29.6 Å². The SMILES string of the molecule is CS(=O)(=O)Nc1ccc2c(c1)S(=O)(=O)N=C(C1C(=O)C3CCCCCC3N(NC3CCC3)C1=O)N2. The summed E-state index contributed by atoms with van der Waals surface area (Å²) in [6, 6.07) is 3.89. The molecule has 2 aliphatic carbocycles. The number of nitrogens with one attached hydrogen (secondary N) is 3. The summed E-state index contributed by atoms with van der Waals surface area (Å²) in [5.74, 6) is -2.72. The lowest BCUT2D eigenvalue weighted by molar-refractivity contribution is -0.156. The third-order valence-corrected chi connectivity index (χ3v) is 9.13. The van der Waals surface area contributed by atoms with Crippen molar-refractivity contribution in [1.29, 1.82) is 0 Å². The van der Waals surface area contributed by atoms with Gasteiger partial charge in [0.25, 0.3) is 15.9 Å². The molecule has 3 unspecified atom stereocenters. The Morgan fingerprint density at radius 3 is 2.49 bits per heavy atom. The van der Waals surface area contributed by atoms with E-state index in [-0.39, 0.29) is 45.9 Å². The number of carbonyl (C=O) groups excluding carboxylic acids is 2. The van der Waals surface area contributed by atoms with E-state index in [9.17, 15) is 26.4 Å². The molecule has 35 heavy (non-hydrogen) atoms. The van der Waals surface area contributed by atoms with Crippen LogP contribution in [0.2, 0.25) is 0 Å². The first-order valence-electron chi connectivity index (χ1n) is 11.9. The van der Waals surface area contributed by atoms with Crippen LogP contribution in [0.1, 0.15) is 51.4 Å². The second-order valence-corrected chi connectivity index (χ2v) is 13.1. The topological polar surface area (TPSA) is 154 Å². The molecule has 2 heterocycles. The molecule has 190 valence electrons. The first-order valence-corrected chi connectivity index (χ1v) is 15.2. The number of rotatable bonds is 5. The van der Waals surface area contributed by atoms with Gasteiger partial charge in [0.2, 0.25) is 10.0 Å². The third kappa shape index (κ3) is 4.68. The fraction of sp³-hybridized carbons (Fsp3) is 0.591. The predicted octanol–water partition coefficient (Wildman–Crippen LogP) is 1.60. The van der Waals surface area contributed by atoms with E-state index in [0.29, 0.717) is 6.42 Å². The van der Waals surface area contributed by atoms with E-state index in [1.807, 2.05) is 0 Å². The molecule has 1 amide bonds. The summed E-state index contributed by atoms with van der Waals surface area (Å²) in [5, 5.41) is 4.48. The average molecular weight is 524 g/mol. The largest absolute Gasteiger partial charge is 0.341 e. The van der Waals surface area contributed by atoms with Crippen molar-refractivity contribution in [1.82, 2.24) is 10.4 Å². The van der Waals surface area contributed by atoms with Crippen LogP contribution in [0.5, 0.6) is 0 Å². The Labute approximate surface area is 204 Å². The van der Waals surface area contributed by atoms with Gasteiger partial charge in [-0.05, 0) is 43.9 Å². The lowest BCUT2D eigenvalue weighted by atomic mass is 9.78. The fourth-order valence-corrected chi connectivity index (χ4v) is 7.03.